The van der Waals surface area contributed by atoms with Crippen LogP contribution >= 0.6 is 23.2 Å². The number of nitrogens with zero attached hydrogens (tertiary/aromatic N) is 1. The van der Waals surface area contributed by atoms with Gasteiger partial charge in [0, 0.05) is 34.2 Å². The zero-order chi connectivity index (χ0) is 15.7. The zero-order valence-electron chi connectivity index (χ0n) is 12.7. The third-order valence-corrected chi connectivity index (χ3v) is 4.49. The second kappa shape index (κ2) is 6.33. The molecular formula is C18H18Cl2N2. The Hall–Kier alpha value is -1.48. The van der Waals surface area contributed by atoms with E-state index in [0.717, 1.165) is 45.0 Å². The van der Waals surface area contributed by atoms with Crippen LogP contribution in [0.3, 0.4) is 0 Å². The molecule has 4 heteroatoms. The highest BCUT2D eigenvalue weighted by atomic mass is 35.5. The van der Waals surface area contributed by atoms with Crippen molar-refractivity contribution in [3.63, 3.8) is 0 Å². The molecule has 0 aliphatic heterocycles. The summed E-state index contributed by atoms with van der Waals surface area (Å²) >= 11 is 12.7. The maximum atomic E-state index is 6.71. The van der Waals surface area contributed by atoms with Gasteiger partial charge in [0.05, 0.1) is 5.02 Å². The molecule has 1 aromatic heterocycles. The molecule has 1 N–H and O–H groups in total. The predicted octanol–water partition coefficient (Wildman–Crippen LogP) is 5.25. The molecule has 0 atom stereocenters. The van der Waals surface area contributed by atoms with Crippen LogP contribution in [0.5, 0.6) is 0 Å². The molecule has 3 rings (SSSR count). The molecule has 2 aromatic carbocycles. The monoisotopic (exact) mass is 332 g/mol. The van der Waals surface area contributed by atoms with Gasteiger partial charge in [0.15, 0.2) is 0 Å². The Morgan fingerprint density at radius 2 is 1.73 bits per heavy atom. The Labute approximate surface area is 140 Å². The number of hydrogen-bond acceptors (Lipinski definition) is 1. The van der Waals surface area contributed by atoms with E-state index in [1.54, 1.807) is 0 Å². The van der Waals surface area contributed by atoms with Crippen molar-refractivity contribution in [2.75, 3.05) is 20.6 Å². The fourth-order valence-electron chi connectivity index (χ4n) is 2.64. The molecule has 0 aliphatic rings. The van der Waals surface area contributed by atoms with Crippen LogP contribution in [0, 0.1) is 0 Å². The minimum atomic E-state index is 0.731. The summed E-state index contributed by atoms with van der Waals surface area (Å²) in [6, 6.07) is 11.9. The van der Waals surface area contributed by atoms with Crippen LogP contribution in [0.15, 0.2) is 42.6 Å². The zero-order valence-corrected chi connectivity index (χ0v) is 14.2. The highest BCUT2D eigenvalue weighted by Gasteiger charge is 2.13. The van der Waals surface area contributed by atoms with Crippen LogP contribution in [0.25, 0.3) is 22.0 Å². The number of aromatic amines is 1. The Morgan fingerprint density at radius 3 is 2.41 bits per heavy atom. The van der Waals surface area contributed by atoms with Crippen molar-refractivity contribution in [1.82, 2.24) is 9.88 Å². The molecule has 0 saturated carbocycles. The third-order valence-electron chi connectivity index (χ3n) is 3.85. The van der Waals surface area contributed by atoms with Crippen LogP contribution in [0.2, 0.25) is 10.0 Å². The van der Waals surface area contributed by atoms with E-state index in [4.69, 9.17) is 23.2 Å². The van der Waals surface area contributed by atoms with Crippen molar-refractivity contribution < 1.29 is 0 Å². The van der Waals surface area contributed by atoms with Crippen LogP contribution in [-0.2, 0) is 6.42 Å². The Morgan fingerprint density at radius 1 is 1.00 bits per heavy atom. The maximum absolute atomic E-state index is 6.71. The van der Waals surface area contributed by atoms with Gasteiger partial charge in [-0.3, -0.25) is 0 Å². The SMILES string of the molecule is CN(C)CCc1c[nH]c2ccc(-c3ccc(Cl)cc3)c(Cl)c12. The first-order valence-electron chi connectivity index (χ1n) is 7.25. The van der Waals surface area contributed by atoms with Crippen molar-refractivity contribution in [2.24, 2.45) is 0 Å². The van der Waals surface area contributed by atoms with Gasteiger partial charge in [-0.05, 0) is 49.8 Å². The summed E-state index contributed by atoms with van der Waals surface area (Å²) in [6.45, 7) is 0.994. The van der Waals surface area contributed by atoms with Crippen molar-refractivity contribution in [2.45, 2.75) is 6.42 Å². The molecular weight excluding hydrogens is 315 g/mol. The van der Waals surface area contributed by atoms with Gasteiger partial charge in [-0.2, -0.15) is 0 Å². The lowest BCUT2D eigenvalue weighted by Gasteiger charge is -2.10. The molecule has 0 radical (unpaired) electrons. The van der Waals surface area contributed by atoms with Gasteiger partial charge in [0.1, 0.15) is 0 Å². The predicted molar refractivity (Wildman–Crippen MR) is 96.0 cm³/mol. The Bertz CT molecular complexity index is 789. The topological polar surface area (TPSA) is 19.0 Å². The number of rotatable bonds is 4. The lowest BCUT2D eigenvalue weighted by Crippen LogP contribution is -2.14. The first-order chi connectivity index (χ1) is 10.6. The fourth-order valence-corrected chi connectivity index (χ4v) is 3.16. The van der Waals surface area contributed by atoms with Crippen LogP contribution in [0.1, 0.15) is 5.56 Å². The summed E-state index contributed by atoms with van der Waals surface area (Å²) in [5, 5.41) is 2.65. The number of H-pyrrole nitrogens is 1. The van der Waals surface area contributed by atoms with E-state index in [1.807, 2.05) is 24.3 Å². The summed E-state index contributed by atoms with van der Waals surface area (Å²) in [6.07, 6.45) is 3.03. The summed E-state index contributed by atoms with van der Waals surface area (Å²) < 4.78 is 0. The molecule has 0 amide bonds. The van der Waals surface area contributed by atoms with E-state index in [2.05, 4.69) is 42.3 Å². The fraction of sp³-hybridized carbons (Fsp3) is 0.222. The van der Waals surface area contributed by atoms with Crippen LogP contribution in [-0.4, -0.2) is 30.5 Å². The van der Waals surface area contributed by atoms with Gasteiger partial charge in [-0.1, -0.05) is 41.4 Å². The summed E-state index contributed by atoms with van der Waals surface area (Å²) in [5.41, 5.74) is 4.45. The van der Waals surface area contributed by atoms with Gasteiger partial charge in [-0.15, -0.1) is 0 Å². The van der Waals surface area contributed by atoms with Crippen molar-refractivity contribution in [3.8, 4) is 11.1 Å². The van der Waals surface area contributed by atoms with Gasteiger partial charge in [0.2, 0.25) is 0 Å². The number of nitrogens with one attached hydrogen (secondary N) is 1. The molecule has 1 heterocycles. The average molecular weight is 333 g/mol. The second-order valence-electron chi connectivity index (χ2n) is 5.72. The van der Waals surface area contributed by atoms with Gasteiger partial charge >= 0.3 is 0 Å². The highest BCUT2D eigenvalue weighted by Crippen LogP contribution is 2.36. The van der Waals surface area contributed by atoms with Crippen LogP contribution < -0.4 is 0 Å². The van der Waals surface area contributed by atoms with Crippen molar-refractivity contribution >= 4 is 34.1 Å². The third kappa shape index (κ3) is 3.00. The van der Waals surface area contributed by atoms with Gasteiger partial charge in [-0.25, -0.2) is 0 Å². The lowest BCUT2D eigenvalue weighted by molar-refractivity contribution is 0.414. The van der Waals surface area contributed by atoms with Gasteiger partial charge < -0.3 is 9.88 Å². The highest BCUT2D eigenvalue weighted by molar-refractivity contribution is 6.38. The number of benzene rings is 2. The molecule has 3 aromatic rings. The molecule has 0 aliphatic carbocycles. The van der Waals surface area contributed by atoms with Crippen molar-refractivity contribution in [3.05, 3.63) is 58.2 Å². The number of likely N-dealkylation sites (N-methyl/N-ethyl adjacent to an activating group) is 1. The number of fused-ring (bicyclic) bond motifs is 1. The minimum Gasteiger partial charge on any atom is -0.361 e. The molecule has 2 nitrogen and oxygen atoms in total. The first-order valence-corrected chi connectivity index (χ1v) is 8.01. The van der Waals surface area contributed by atoms with Gasteiger partial charge in [0.25, 0.3) is 0 Å². The van der Waals surface area contributed by atoms with E-state index >= 15 is 0 Å². The normalized spacial score (nSPS) is 11.5. The maximum Gasteiger partial charge on any atom is 0.0580 e. The molecule has 0 spiro atoms. The smallest absolute Gasteiger partial charge is 0.0580 e. The molecule has 114 valence electrons. The minimum absolute atomic E-state index is 0.731. The van der Waals surface area contributed by atoms with E-state index in [1.165, 1.54) is 5.56 Å². The molecule has 0 unspecified atom stereocenters. The van der Waals surface area contributed by atoms with Crippen LogP contribution in [0.4, 0.5) is 0 Å². The molecule has 0 saturated heterocycles. The number of hydrogen-bond donors (Lipinski definition) is 1. The standard InChI is InChI=1S/C18H18Cl2N2/c1-22(2)10-9-13-11-21-16-8-7-15(18(20)17(13)16)12-3-5-14(19)6-4-12/h3-8,11,21H,9-10H2,1-2H3. The van der Waals surface area contributed by atoms with E-state index in [9.17, 15) is 0 Å². The Kier molecular flexibility index (Phi) is 4.44. The summed E-state index contributed by atoms with van der Waals surface area (Å²) in [4.78, 5) is 5.49. The molecule has 0 fully saturated rings. The molecule has 22 heavy (non-hydrogen) atoms. The largest absolute Gasteiger partial charge is 0.361 e. The van der Waals surface area contributed by atoms with E-state index in [0.29, 0.717) is 0 Å². The quantitative estimate of drug-likeness (QED) is 0.691. The summed E-state index contributed by atoms with van der Waals surface area (Å²) in [7, 11) is 4.16. The summed E-state index contributed by atoms with van der Waals surface area (Å²) in [5.74, 6) is 0. The number of aromatic nitrogens is 1. The van der Waals surface area contributed by atoms with E-state index < -0.39 is 0 Å². The van der Waals surface area contributed by atoms with Crippen molar-refractivity contribution in [1.29, 1.82) is 0 Å². The first kappa shape index (κ1) is 15.4. The number of halogens is 2. The Balaban J connectivity index is 2.07. The second-order valence-corrected chi connectivity index (χ2v) is 6.54. The van der Waals surface area contributed by atoms with E-state index in [-0.39, 0.29) is 0 Å². The average Bonchev–Trinajstić information content (AvgIpc) is 2.91. The molecule has 0 bridgehead atoms. The lowest BCUT2D eigenvalue weighted by atomic mass is 10.0.